The van der Waals surface area contributed by atoms with Crippen LogP contribution in [0, 0.1) is 18.3 Å². The SMILES string of the molecule is COc1ccc(C(C#N)Nc2ccccc2C)c(OC)c1. The van der Waals surface area contributed by atoms with Crippen molar-refractivity contribution in [2.24, 2.45) is 0 Å². The quantitative estimate of drug-likeness (QED) is 0.908. The first-order chi connectivity index (χ1) is 10.2. The number of nitrogens with one attached hydrogen (secondary N) is 1. The monoisotopic (exact) mass is 282 g/mol. The summed E-state index contributed by atoms with van der Waals surface area (Å²) < 4.78 is 10.5. The maximum atomic E-state index is 9.48. The summed E-state index contributed by atoms with van der Waals surface area (Å²) in [4.78, 5) is 0. The van der Waals surface area contributed by atoms with Crippen molar-refractivity contribution in [2.45, 2.75) is 13.0 Å². The summed E-state index contributed by atoms with van der Waals surface area (Å²) in [5.74, 6) is 1.32. The Morgan fingerprint density at radius 3 is 2.48 bits per heavy atom. The number of rotatable bonds is 5. The van der Waals surface area contributed by atoms with Gasteiger partial charge in [0.1, 0.15) is 17.5 Å². The average molecular weight is 282 g/mol. The van der Waals surface area contributed by atoms with Gasteiger partial charge < -0.3 is 14.8 Å². The zero-order chi connectivity index (χ0) is 15.2. The summed E-state index contributed by atoms with van der Waals surface area (Å²) in [5.41, 5.74) is 2.80. The number of ether oxygens (including phenoxy) is 2. The van der Waals surface area contributed by atoms with Crippen LogP contribution in [0.15, 0.2) is 42.5 Å². The standard InChI is InChI=1S/C17H18N2O2/c1-12-6-4-5-7-15(12)19-16(11-18)14-9-8-13(20-2)10-17(14)21-3/h4-10,16,19H,1-3H3. The molecule has 0 fully saturated rings. The maximum absolute atomic E-state index is 9.48. The number of methoxy groups -OCH3 is 2. The topological polar surface area (TPSA) is 54.3 Å². The van der Waals surface area contributed by atoms with Crippen molar-refractivity contribution in [1.29, 1.82) is 5.26 Å². The minimum Gasteiger partial charge on any atom is -0.497 e. The maximum Gasteiger partial charge on any atom is 0.143 e. The summed E-state index contributed by atoms with van der Waals surface area (Å²) >= 11 is 0. The molecule has 21 heavy (non-hydrogen) atoms. The number of benzene rings is 2. The van der Waals surface area contributed by atoms with E-state index in [9.17, 15) is 5.26 Å². The Morgan fingerprint density at radius 1 is 1.10 bits per heavy atom. The molecule has 4 nitrogen and oxygen atoms in total. The number of nitrogens with zero attached hydrogens (tertiary/aromatic N) is 1. The first-order valence-corrected chi connectivity index (χ1v) is 6.63. The van der Waals surface area contributed by atoms with E-state index in [4.69, 9.17) is 9.47 Å². The number of nitriles is 1. The molecule has 4 heteroatoms. The molecule has 0 aliphatic rings. The number of para-hydroxylation sites is 1. The smallest absolute Gasteiger partial charge is 0.143 e. The van der Waals surface area contributed by atoms with Crippen molar-refractivity contribution < 1.29 is 9.47 Å². The number of aryl methyl sites for hydroxylation is 1. The molecule has 1 N–H and O–H groups in total. The second-order valence-electron chi connectivity index (χ2n) is 4.63. The molecular weight excluding hydrogens is 264 g/mol. The Kier molecular flexibility index (Phi) is 4.68. The summed E-state index contributed by atoms with van der Waals surface area (Å²) in [7, 11) is 3.18. The van der Waals surface area contributed by atoms with Gasteiger partial charge in [-0.25, -0.2) is 0 Å². The van der Waals surface area contributed by atoms with Gasteiger partial charge in [0.25, 0.3) is 0 Å². The molecule has 0 saturated carbocycles. The molecule has 2 aromatic carbocycles. The fourth-order valence-electron chi connectivity index (χ4n) is 2.13. The molecule has 0 aromatic heterocycles. The van der Waals surface area contributed by atoms with Crippen LogP contribution in [0.1, 0.15) is 17.2 Å². The van der Waals surface area contributed by atoms with E-state index in [0.29, 0.717) is 11.5 Å². The summed E-state index contributed by atoms with van der Waals surface area (Å²) in [6.07, 6.45) is 0. The van der Waals surface area contributed by atoms with Gasteiger partial charge in [-0.05, 0) is 30.7 Å². The van der Waals surface area contributed by atoms with Crippen molar-refractivity contribution in [3.63, 3.8) is 0 Å². The Balaban J connectivity index is 2.34. The summed E-state index contributed by atoms with van der Waals surface area (Å²) in [5, 5.41) is 12.7. The average Bonchev–Trinajstić information content (AvgIpc) is 2.53. The summed E-state index contributed by atoms with van der Waals surface area (Å²) in [6.45, 7) is 2.00. The fourth-order valence-corrected chi connectivity index (χ4v) is 2.13. The van der Waals surface area contributed by atoms with Gasteiger partial charge in [-0.3, -0.25) is 0 Å². The van der Waals surface area contributed by atoms with Crippen LogP contribution in [0.3, 0.4) is 0 Å². The van der Waals surface area contributed by atoms with E-state index in [0.717, 1.165) is 16.8 Å². The van der Waals surface area contributed by atoms with Gasteiger partial charge in [-0.1, -0.05) is 18.2 Å². The molecule has 0 radical (unpaired) electrons. The van der Waals surface area contributed by atoms with Crippen LogP contribution in [0.25, 0.3) is 0 Å². The van der Waals surface area contributed by atoms with E-state index >= 15 is 0 Å². The van der Waals surface area contributed by atoms with Crippen molar-refractivity contribution in [2.75, 3.05) is 19.5 Å². The second-order valence-corrected chi connectivity index (χ2v) is 4.63. The molecular formula is C17H18N2O2. The zero-order valence-electron chi connectivity index (χ0n) is 12.4. The minimum absolute atomic E-state index is 0.494. The Labute approximate surface area is 124 Å². The van der Waals surface area contributed by atoms with Crippen LogP contribution in [0.4, 0.5) is 5.69 Å². The lowest BCUT2D eigenvalue weighted by Gasteiger charge is -2.18. The van der Waals surface area contributed by atoms with Crippen molar-refractivity contribution in [1.82, 2.24) is 0 Å². The molecule has 0 spiro atoms. The van der Waals surface area contributed by atoms with E-state index in [1.165, 1.54) is 0 Å². The van der Waals surface area contributed by atoms with Gasteiger partial charge >= 0.3 is 0 Å². The normalized spacial score (nSPS) is 11.3. The third kappa shape index (κ3) is 3.26. The molecule has 0 amide bonds. The van der Waals surface area contributed by atoms with Gasteiger partial charge in [-0.2, -0.15) is 5.26 Å². The lowest BCUT2D eigenvalue weighted by atomic mass is 10.1. The molecule has 108 valence electrons. The van der Waals surface area contributed by atoms with Crippen molar-refractivity contribution in [3.8, 4) is 17.6 Å². The minimum atomic E-state index is -0.494. The lowest BCUT2D eigenvalue weighted by Crippen LogP contribution is -2.10. The molecule has 0 bridgehead atoms. The first kappa shape index (κ1) is 14.7. The first-order valence-electron chi connectivity index (χ1n) is 6.63. The molecule has 0 saturated heterocycles. The number of hydrogen-bond donors (Lipinski definition) is 1. The third-order valence-electron chi connectivity index (χ3n) is 3.33. The van der Waals surface area contributed by atoms with Crippen LogP contribution in [0.2, 0.25) is 0 Å². The molecule has 2 rings (SSSR count). The number of hydrogen-bond acceptors (Lipinski definition) is 4. The number of anilines is 1. The predicted octanol–water partition coefficient (Wildman–Crippen LogP) is 3.69. The van der Waals surface area contributed by atoms with Gasteiger partial charge in [0.2, 0.25) is 0 Å². The highest BCUT2D eigenvalue weighted by molar-refractivity contribution is 5.55. The van der Waals surface area contributed by atoms with E-state index in [2.05, 4.69) is 11.4 Å². The van der Waals surface area contributed by atoms with E-state index in [-0.39, 0.29) is 0 Å². The lowest BCUT2D eigenvalue weighted by molar-refractivity contribution is 0.390. The molecule has 1 atom stereocenters. The molecule has 0 aliphatic carbocycles. The molecule has 0 aliphatic heterocycles. The van der Waals surface area contributed by atoms with Crippen LogP contribution in [0.5, 0.6) is 11.5 Å². The van der Waals surface area contributed by atoms with Crippen LogP contribution in [-0.2, 0) is 0 Å². The molecule has 2 aromatic rings. The van der Waals surface area contributed by atoms with Crippen LogP contribution >= 0.6 is 0 Å². The van der Waals surface area contributed by atoms with Gasteiger partial charge in [0.05, 0.1) is 20.3 Å². The predicted molar refractivity (Wildman–Crippen MR) is 82.7 cm³/mol. The van der Waals surface area contributed by atoms with Crippen molar-refractivity contribution in [3.05, 3.63) is 53.6 Å². The third-order valence-corrected chi connectivity index (χ3v) is 3.33. The Morgan fingerprint density at radius 2 is 1.86 bits per heavy atom. The fraction of sp³-hybridized carbons (Fsp3) is 0.235. The van der Waals surface area contributed by atoms with Gasteiger partial charge in [-0.15, -0.1) is 0 Å². The van der Waals surface area contributed by atoms with Crippen molar-refractivity contribution >= 4 is 5.69 Å². The van der Waals surface area contributed by atoms with E-state index in [1.54, 1.807) is 20.3 Å². The summed E-state index contributed by atoms with van der Waals surface area (Å²) in [6, 6.07) is 15.1. The highest BCUT2D eigenvalue weighted by atomic mass is 16.5. The largest absolute Gasteiger partial charge is 0.497 e. The molecule has 1 unspecified atom stereocenters. The van der Waals surface area contributed by atoms with E-state index in [1.807, 2.05) is 43.3 Å². The Bertz CT molecular complexity index is 662. The second kappa shape index (κ2) is 6.67. The van der Waals surface area contributed by atoms with Crippen LogP contribution in [-0.4, -0.2) is 14.2 Å². The van der Waals surface area contributed by atoms with E-state index < -0.39 is 6.04 Å². The Hall–Kier alpha value is -2.67. The van der Waals surface area contributed by atoms with Gasteiger partial charge in [0, 0.05) is 17.3 Å². The zero-order valence-corrected chi connectivity index (χ0v) is 12.4. The molecule has 0 heterocycles. The highest BCUT2D eigenvalue weighted by Crippen LogP contribution is 2.31. The van der Waals surface area contributed by atoms with Crippen LogP contribution < -0.4 is 14.8 Å². The highest BCUT2D eigenvalue weighted by Gasteiger charge is 2.17. The van der Waals surface area contributed by atoms with Gasteiger partial charge in [0.15, 0.2) is 0 Å².